The van der Waals surface area contributed by atoms with Crippen LogP contribution in [0.15, 0.2) is 65.8 Å². The Morgan fingerprint density at radius 1 is 1.04 bits per heavy atom. The van der Waals surface area contributed by atoms with Crippen LogP contribution >= 0.6 is 0 Å². The fraction of sp³-hybridized carbons (Fsp3) is 0.250. The minimum atomic E-state index is -0.111. The van der Waals surface area contributed by atoms with Gasteiger partial charge in [0.2, 0.25) is 5.91 Å². The van der Waals surface area contributed by atoms with Crippen molar-refractivity contribution in [2.75, 3.05) is 11.6 Å². The first-order chi connectivity index (χ1) is 12.2. The highest BCUT2D eigenvalue weighted by atomic mass is 16.2. The molecule has 3 rings (SSSR count). The number of carbonyl (C=O) groups is 2. The van der Waals surface area contributed by atoms with Gasteiger partial charge < -0.3 is 4.90 Å². The van der Waals surface area contributed by atoms with Gasteiger partial charge in [0, 0.05) is 25.9 Å². The zero-order chi connectivity index (χ0) is 17.6. The van der Waals surface area contributed by atoms with Crippen LogP contribution in [0.4, 0.5) is 5.69 Å². The summed E-state index contributed by atoms with van der Waals surface area (Å²) in [5, 5.41) is 5.69. The minimum Gasteiger partial charge on any atom is -0.333 e. The number of hydrazone groups is 1. The molecule has 1 aliphatic rings. The first kappa shape index (κ1) is 16.9. The van der Waals surface area contributed by atoms with Gasteiger partial charge in [-0.25, -0.2) is 5.01 Å². The van der Waals surface area contributed by atoms with Crippen LogP contribution in [0.5, 0.6) is 0 Å². The summed E-state index contributed by atoms with van der Waals surface area (Å²) >= 11 is 0. The first-order valence-electron chi connectivity index (χ1n) is 8.47. The topological polar surface area (TPSA) is 53.0 Å². The lowest BCUT2D eigenvalue weighted by Gasteiger charge is -2.27. The Bertz CT molecular complexity index is 772. The third-order valence-electron chi connectivity index (χ3n) is 4.17. The van der Waals surface area contributed by atoms with E-state index in [2.05, 4.69) is 5.10 Å². The molecule has 0 aliphatic carbocycles. The first-order valence-corrected chi connectivity index (χ1v) is 8.47. The van der Waals surface area contributed by atoms with Crippen molar-refractivity contribution in [3.05, 3.63) is 66.2 Å². The van der Waals surface area contributed by atoms with Gasteiger partial charge in [-0.05, 0) is 24.6 Å². The lowest BCUT2D eigenvalue weighted by Crippen LogP contribution is -2.41. The van der Waals surface area contributed by atoms with E-state index >= 15 is 0 Å². The number of rotatable bonds is 5. The molecule has 0 radical (unpaired) electrons. The smallest absolute Gasteiger partial charge is 0.270 e. The van der Waals surface area contributed by atoms with E-state index < -0.39 is 0 Å². The molecule has 2 aromatic carbocycles. The normalized spacial score (nSPS) is 14.2. The summed E-state index contributed by atoms with van der Waals surface area (Å²) in [6.45, 7) is 3.07. The van der Waals surface area contributed by atoms with Crippen LogP contribution in [-0.2, 0) is 16.1 Å². The largest absolute Gasteiger partial charge is 0.333 e. The average Bonchev–Trinajstić information content (AvgIpc) is 2.67. The van der Waals surface area contributed by atoms with Crippen LogP contribution < -0.4 is 5.01 Å². The quantitative estimate of drug-likeness (QED) is 0.842. The fourth-order valence-electron chi connectivity index (χ4n) is 2.79. The monoisotopic (exact) mass is 335 g/mol. The molecule has 5 heteroatoms. The van der Waals surface area contributed by atoms with E-state index in [0.717, 1.165) is 5.56 Å². The number of hydrogen-bond donors (Lipinski definition) is 0. The maximum Gasteiger partial charge on any atom is 0.270 e. The second-order valence-electron chi connectivity index (χ2n) is 5.89. The molecular formula is C20H21N3O2. The van der Waals surface area contributed by atoms with Crippen LogP contribution in [0.1, 0.15) is 25.3 Å². The molecule has 25 heavy (non-hydrogen) atoms. The molecular weight excluding hydrogens is 314 g/mol. The maximum atomic E-state index is 12.9. The minimum absolute atomic E-state index is 0.0890. The van der Waals surface area contributed by atoms with E-state index in [9.17, 15) is 9.59 Å². The molecule has 0 aromatic heterocycles. The van der Waals surface area contributed by atoms with Gasteiger partial charge in [-0.15, -0.1) is 0 Å². The average molecular weight is 335 g/mol. The molecule has 128 valence electrons. The van der Waals surface area contributed by atoms with Crippen molar-refractivity contribution in [2.45, 2.75) is 26.3 Å². The van der Waals surface area contributed by atoms with Crippen molar-refractivity contribution < 1.29 is 9.59 Å². The van der Waals surface area contributed by atoms with E-state index in [-0.39, 0.29) is 11.8 Å². The molecule has 2 amide bonds. The van der Waals surface area contributed by atoms with Crippen molar-refractivity contribution in [1.82, 2.24) is 4.90 Å². The molecule has 0 spiro atoms. The third-order valence-corrected chi connectivity index (χ3v) is 4.17. The third kappa shape index (κ3) is 3.94. The van der Waals surface area contributed by atoms with Crippen LogP contribution in [-0.4, -0.2) is 29.0 Å². The number of para-hydroxylation sites is 1. The van der Waals surface area contributed by atoms with Crippen LogP contribution in [0.3, 0.4) is 0 Å². The Labute approximate surface area is 147 Å². The molecule has 1 aliphatic heterocycles. The predicted molar refractivity (Wildman–Crippen MR) is 98.1 cm³/mol. The number of amides is 2. The summed E-state index contributed by atoms with van der Waals surface area (Å²) in [5.41, 5.74) is 2.19. The molecule has 5 nitrogen and oxygen atoms in total. The SMILES string of the molecule is CCN(Cc1ccccc1)C(=O)C1=NN(c2ccccc2)C(=O)CC1. The molecule has 2 aromatic rings. The fourth-order valence-corrected chi connectivity index (χ4v) is 2.79. The van der Waals surface area contributed by atoms with E-state index in [4.69, 9.17) is 0 Å². The molecule has 0 bridgehead atoms. The number of benzene rings is 2. The van der Waals surface area contributed by atoms with Gasteiger partial charge in [0.25, 0.3) is 5.91 Å². The highest BCUT2D eigenvalue weighted by Gasteiger charge is 2.27. The van der Waals surface area contributed by atoms with E-state index in [0.29, 0.717) is 37.3 Å². The highest BCUT2D eigenvalue weighted by Crippen LogP contribution is 2.20. The number of carbonyl (C=O) groups excluding carboxylic acids is 2. The highest BCUT2D eigenvalue weighted by molar-refractivity contribution is 6.40. The van der Waals surface area contributed by atoms with Crippen molar-refractivity contribution in [3.8, 4) is 0 Å². The van der Waals surface area contributed by atoms with Gasteiger partial charge >= 0.3 is 0 Å². The van der Waals surface area contributed by atoms with Crippen molar-refractivity contribution >= 4 is 23.2 Å². The summed E-state index contributed by atoms with van der Waals surface area (Å²) in [5.74, 6) is -0.200. The van der Waals surface area contributed by atoms with E-state index in [1.807, 2.05) is 67.6 Å². The summed E-state index contributed by atoms with van der Waals surface area (Å²) in [4.78, 5) is 26.8. The molecule has 0 fully saturated rings. The zero-order valence-corrected chi connectivity index (χ0v) is 14.3. The Hall–Kier alpha value is -2.95. The van der Waals surface area contributed by atoms with E-state index in [1.54, 1.807) is 4.90 Å². The zero-order valence-electron chi connectivity index (χ0n) is 14.3. The predicted octanol–water partition coefficient (Wildman–Crippen LogP) is 3.22. The Balaban J connectivity index is 1.81. The number of hydrogen-bond acceptors (Lipinski definition) is 3. The molecule has 1 heterocycles. The summed E-state index contributed by atoms with van der Waals surface area (Å²) in [6, 6.07) is 19.1. The van der Waals surface area contributed by atoms with Gasteiger partial charge in [-0.3, -0.25) is 9.59 Å². The lowest BCUT2D eigenvalue weighted by atomic mass is 10.1. The Morgan fingerprint density at radius 2 is 1.68 bits per heavy atom. The molecule has 0 saturated heterocycles. The summed E-state index contributed by atoms with van der Waals surface area (Å²) in [7, 11) is 0. The van der Waals surface area contributed by atoms with Gasteiger partial charge in [0.05, 0.1) is 5.69 Å². The number of nitrogens with zero attached hydrogens (tertiary/aromatic N) is 3. The Morgan fingerprint density at radius 3 is 2.32 bits per heavy atom. The summed E-state index contributed by atoms with van der Waals surface area (Å²) < 4.78 is 0. The second kappa shape index (κ2) is 7.75. The standard InChI is InChI=1S/C20H21N3O2/c1-2-22(15-16-9-5-3-6-10-16)20(25)18-13-14-19(24)23(21-18)17-11-7-4-8-12-17/h3-12H,2,13-15H2,1H3. The molecule has 0 N–H and O–H groups in total. The lowest BCUT2D eigenvalue weighted by molar-refractivity contribution is -0.124. The number of anilines is 1. The second-order valence-corrected chi connectivity index (χ2v) is 5.89. The van der Waals surface area contributed by atoms with Crippen LogP contribution in [0, 0.1) is 0 Å². The van der Waals surface area contributed by atoms with Gasteiger partial charge in [-0.2, -0.15) is 5.10 Å². The molecule has 0 atom stereocenters. The van der Waals surface area contributed by atoms with Crippen molar-refractivity contribution in [3.63, 3.8) is 0 Å². The van der Waals surface area contributed by atoms with Crippen LogP contribution in [0.2, 0.25) is 0 Å². The van der Waals surface area contributed by atoms with Crippen LogP contribution in [0.25, 0.3) is 0 Å². The summed E-state index contributed by atoms with van der Waals surface area (Å²) in [6.07, 6.45) is 0.675. The molecule has 0 unspecified atom stereocenters. The Kier molecular flexibility index (Phi) is 5.23. The van der Waals surface area contributed by atoms with Crippen molar-refractivity contribution in [1.29, 1.82) is 0 Å². The molecule has 0 saturated carbocycles. The maximum absolute atomic E-state index is 12.9. The van der Waals surface area contributed by atoms with Crippen molar-refractivity contribution in [2.24, 2.45) is 5.10 Å². The van der Waals surface area contributed by atoms with Gasteiger partial charge in [0.15, 0.2) is 0 Å². The van der Waals surface area contributed by atoms with Gasteiger partial charge in [-0.1, -0.05) is 48.5 Å². The van der Waals surface area contributed by atoms with E-state index in [1.165, 1.54) is 5.01 Å². The van der Waals surface area contributed by atoms with Gasteiger partial charge in [0.1, 0.15) is 5.71 Å².